The molecule has 0 aliphatic heterocycles. The van der Waals surface area contributed by atoms with E-state index < -0.39 is 0 Å². The van der Waals surface area contributed by atoms with Gasteiger partial charge in [0.25, 0.3) is 0 Å². The van der Waals surface area contributed by atoms with E-state index in [0.717, 1.165) is 29.5 Å². The largest absolute Gasteiger partial charge is 0.336 e. The average molecular weight is 355 g/mol. The molecule has 21 heavy (non-hydrogen) atoms. The smallest absolute Gasteiger partial charge is 0.224 e. The van der Waals surface area contributed by atoms with Gasteiger partial charge in [0.1, 0.15) is 0 Å². The third-order valence-corrected chi connectivity index (χ3v) is 4.22. The highest BCUT2D eigenvalue weighted by Gasteiger charge is 2.21. The highest BCUT2D eigenvalue weighted by molar-refractivity contribution is 9.10. The van der Waals surface area contributed by atoms with Gasteiger partial charge in [-0.1, -0.05) is 54.9 Å². The quantitative estimate of drug-likeness (QED) is 0.760. The predicted octanol–water partition coefficient (Wildman–Crippen LogP) is 4.14. The number of hydrogen-bond donors (Lipinski definition) is 1. The molecule has 0 aliphatic rings. The Labute approximate surface area is 137 Å². The Hall–Kier alpha value is -0.870. The number of benzene rings is 1. The second-order valence-electron chi connectivity index (χ2n) is 5.64. The number of carbonyl (C=O) groups is 1. The number of halogens is 1. The van der Waals surface area contributed by atoms with Crippen LogP contribution in [0.5, 0.6) is 0 Å². The Bertz CT molecular complexity index is 448. The average Bonchev–Trinajstić information content (AvgIpc) is 2.44. The molecular weight excluding hydrogens is 328 g/mol. The highest BCUT2D eigenvalue weighted by Crippen LogP contribution is 2.28. The molecule has 1 unspecified atom stereocenters. The summed E-state index contributed by atoms with van der Waals surface area (Å²) in [5, 5.41) is 3.31. The van der Waals surface area contributed by atoms with Gasteiger partial charge in [-0.3, -0.25) is 4.79 Å². The number of hydrogen-bond acceptors (Lipinski definition) is 2. The molecule has 0 radical (unpaired) electrons. The predicted molar refractivity (Wildman–Crippen MR) is 92.3 cm³/mol. The van der Waals surface area contributed by atoms with Crippen LogP contribution in [-0.4, -0.2) is 29.9 Å². The molecule has 0 aromatic heterocycles. The van der Waals surface area contributed by atoms with Gasteiger partial charge in [-0.15, -0.1) is 0 Å². The second-order valence-corrected chi connectivity index (χ2v) is 6.50. The van der Waals surface area contributed by atoms with Crippen molar-refractivity contribution in [1.29, 1.82) is 0 Å². The molecule has 0 heterocycles. The first-order valence-electron chi connectivity index (χ1n) is 7.74. The summed E-state index contributed by atoms with van der Waals surface area (Å²) in [5.41, 5.74) is 1.16. The van der Waals surface area contributed by atoms with Gasteiger partial charge in [0.05, 0.1) is 6.04 Å². The lowest BCUT2D eigenvalue weighted by molar-refractivity contribution is -0.133. The van der Waals surface area contributed by atoms with E-state index in [1.807, 2.05) is 23.1 Å². The first-order chi connectivity index (χ1) is 9.97. The van der Waals surface area contributed by atoms with Crippen molar-refractivity contribution in [2.24, 2.45) is 0 Å². The third kappa shape index (κ3) is 5.79. The topological polar surface area (TPSA) is 32.3 Å². The van der Waals surface area contributed by atoms with E-state index in [0.29, 0.717) is 12.5 Å². The maximum atomic E-state index is 12.5. The lowest BCUT2D eigenvalue weighted by Crippen LogP contribution is -2.37. The van der Waals surface area contributed by atoms with E-state index in [2.05, 4.69) is 55.0 Å². The SMILES string of the molecule is CCCN(C(=O)CCNC(C)C)C(C)c1ccccc1Br. The van der Waals surface area contributed by atoms with Gasteiger partial charge in [0, 0.05) is 30.0 Å². The minimum absolute atomic E-state index is 0.0899. The molecule has 1 aromatic carbocycles. The Balaban J connectivity index is 2.76. The fourth-order valence-corrected chi connectivity index (χ4v) is 2.98. The maximum absolute atomic E-state index is 12.5. The Morgan fingerprint density at radius 3 is 2.52 bits per heavy atom. The van der Waals surface area contributed by atoms with Crippen molar-refractivity contribution >= 4 is 21.8 Å². The summed E-state index contributed by atoms with van der Waals surface area (Å²) in [5.74, 6) is 0.216. The fraction of sp³-hybridized carbons (Fsp3) is 0.588. The molecule has 118 valence electrons. The van der Waals surface area contributed by atoms with Crippen LogP contribution in [0, 0.1) is 0 Å². The number of amides is 1. The summed E-state index contributed by atoms with van der Waals surface area (Å²) in [6, 6.07) is 8.63. The van der Waals surface area contributed by atoms with E-state index in [1.165, 1.54) is 0 Å². The number of nitrogens with one attached hydrogen (secondary N) is 1. The number of nitrogens with zero attached hydrogens (tertiary/aromatic N) is 1. The van der Waals surface area contributed by atoms with Crippen LogP contribution in [0.3, 0.4) is 0 Å². The molecule has 0 spiro atoms. The zero-order valence-electron chi connectivity index (χ0n) is 13.5. The van der Waals surface area contributed by atoms with Crippen LogP contribution < -0.4 is 5.32 Å². The van der Waals surface area contributed by atoms with Crippen LogP contribution in [-0.2, 0) is 4.79 Å². The maximum Gasteiger partial charge on any atom is 0.224 e. The summed E-state index contributed by atoms with van der Waals surface area (Å²) in [6.07, 6.45) is 1.52. The zero-order chi connectivity index (χ0) is 15.8. The minimum atomic E-state index is 0.0899. The lowest BCUT2D eigenvalue weighted by atomic mass is 10.1. The summed E-state index contributed by atoms with van der Waals surface area (Å²) in [7, 11) is 0. The molecule has 1 amide bonds. The molecule has 0 bridgehead atoms. The van der Waals surface area contributed by atoms with Crippen molar-refractivity contribution in [2.45, 2.75) is 52.6 Å². The Kier molecular flexibility index (Phi) is 7.97. The van der Waals surface area contributed by atoms with Crippen molar-refractivity contribution in [2.75, 3.05) is 13.1 Å². The molecule has 1 rings (SSSR count). The first-order valence-corrected chi connectivity index (χ1v) is 8.54. The lowest BCUT2D eigenvalue weighted by Gasteiger charge is -2.30. The summed E-state index contributed by atoms with van der Waals surface area (Å²) < 4.78 is 1.06. The van der Waals surface area contributed by atoms with Gasteiger partial charge >= 0.3 is 0 Å². The molecule has 0 fully saturated rings. The van der Waals surface area contributed by atoms with Gasteiger partial charge in [-0.05, 0) is 25.0 Å². The first kappa shape index (κ1) is 18.2. The van der Waals surface area contributed by atoms with Gasteiger partial charge < -0.3 is 10.2 Å². The second kappa shape index (κ2) is 9.21. The van der Waals surface area contributed by atoms with Crippen molar-refractivity contribution in [1.82, 2.24) is 10.2 Å². The van der Waals surface area contributed by atoms with Crippen LogP contribution in [0.25, 0.3) is 0 Å². The number of carbonyl (C=O) groups excluding carboxylic acids is 1. The van der Waals surface area contributed by atoms with E-state index in [9.17, 15) is 4.79 Å². The molecule has 0 saturated carbocycles. The van der Waals surface area contributed by atoms with Crippen molar-refractivity contribution in [3.05, 3.63) is 34.3 Å². The Morgan fingerprint density at radius 1 is 1.29 bits per heavy atom. The molecular formula is C17H27BrN2O. The molecule has 3 nitrogen and oxygen atoms in total. The van der Waals surface area contributed by atoms with Gasteiger partial charge in [-0.2, -0.15) is 0 Å². The summed E-state index contributed by atoms with van der Waals surface area (Å²) >= 11 is 3.59. The summed E-state index contributed by atoms with van der Waals surface area (Å²) in [4.78, 5) is 14.5. The molecule has 4 heteroatoms. The highest BCUT2D eigenvalue weighted by atomic mass is 79.9. The van der Waals surface area contributed by atoms with Gasteiger partial charge in [0.15, 0.2) is 0 Å². The monoisotopic (exact) mass is 354 g/mol. The van der Waals surface area contributed by atoms with Crippen LogP contribution in [0.4, 0.5) is 0 Å². The summed E-state index contributed by atoms with van der Waals surface area (Å²) in [6.45, 7) is 9.93. The normalized spacial score (nSPS) is 12.5. The minimum Gasteiger partial charge on any atom is -0.336 e. The standard InChI is InChI=1S/C17H27BrN2O/c1-5-12-20(17(21)10-11-19-13(2)3)14(4)15-8-6-7-9-16(15)18/h6-9,13-14,19H,5,10-12H2,1-4H3. The van der Waals surface area contributed by atoms with E-state index >= 15 is 0 Å². The van der Waals surface area contributed by atoms with Gasteiger partial charge in [0.2, 0.25) is 5.91 Å². The third-order valence-electron chi connectivity index (χ3n) is 3.50. The van der Waals surface area contributed by atoms with E-state index in [1.54, 1.807) is 0 Å². The van der Waals surface area contributed by atoms with Crippen LogP contribution >= 0.6 is 15.9 Å². The molecule has 0 saturated heterocycles. The van der Waals surface area contributed by atoms with Gasteiger partial charge in [-0.25, -0.2) is 0 Å². The fourth-order valence-electron chi connectivity index (χ4n) is 2.37. The zero-order valence-corrected chi connectivity index (χ0v) is 15.1. The van der Waals surface area contributed by atoms with Crippen molar-refractivity contribution in [3.63, 3.8) is 0 Å². The van der Waals surface area contributed by atoms with Crippen molar-refractivity contribution < 1.29 is 4.79 Å². The molecule has 1 atom stereocenters. The number of rotatable bonds is 8. The van der Waals surface area contributed by atoms with E-state index in [4.69, 9.17) is 0 Å². The Morgan fingerprint density at radius 2 is 1.95 bits per heavy atom. The molecule has 1 aromatic rings. The molecule has 1 N–H and O–H groups in total. The van der Waals surface area contributed by atoms with Crippen LogP contribution in [0.1, 0.15) is 52.1 Å². The van der Waals surface area contributed by atoms with Crippen LogP contribution in [0.15, 0.2) is 28.7 Å². The van der Waals surface area contributed by atoms with E-state index in [-0.39, 0.29) is 11.9 Å². The van der Waals surface area contributed by atoms with Crippen LogP contribution in [0.2, 0.25) is 0 Å². The van der Waals surface area contributed by atoms with Crippen molar-refractivity contribution in [3.8, 4) is 0 Å². The molecule has 0 aliphatic carbocycles.